The van der Waals surface area contributed by atoms with Crippen LogP contribution in [-0.2, 0) is 27.4 Å². The third-order valence-corrected chi connectivity index (χ3v) is 16.3. The highest BCUT2D eigenvalue weighted by Gasteiger charge is 2.24. The fraction of sp³-hybridized carbons (Fsp3) is 0.824. The van der Waals surface area contributed by atoms with E-state index in [2.05, 4.69) is 158 Å². The van der Waals surface area contributed by atoms with Crippen LogP contribution in [0.1, 0.15) is 250 Å². The summed E-state index contributed by atoms with van der Waals surface area (Å²) >= 11 is 0. The lowest BCUT2D eigenvalue weighted by Gasteiger charge is -2.27. The lowest BCUT2D eigenvalue weighted by Crippen LogP contribution is -2.27. The third-order valence-electron chi connectivity index (χ3n) is 16.3. The van der Waals surface area contributed by atoms with Crippen molar-refractivity contribution >= 4 is 0 Å². The van der Waals surface area contributed by atoms with Crippen LogP contribution >= 0.6 is 0 Å². The van der Waals surface area contributed by atoms with E-state index in [0.717, 1.165) is 97.7 Å². The first-order valence-electron chi connectivity index (χ1n) is 30.9. The van der Waals surface area contributed by atoms with Gasteiger partial charge in [-0.25, -0.2) is 0 Å². The molecule has 18 atom stereocenters. The van der Waals surface area contributed by atoms with Crippen molar-refractivity contribution < 1.29 is 24.4 Å². The Kier molecular flexibility index (Phi) is 35.7. The van der Waals surface area contributed by atoms with Gasteiger partial charge in [-0.15, -0.1) is 0 Å². The Morgan fingerprint density at radius 1 is 0.288 bits per heavy atom. The molecule has 0 bridgehead atoms. The second-order valence-corrected chi connectivity index (χ2v) is 26.9. The summed E-state index contributed by atoms with van der Waals surface area (Å²) in [5.41, 5.74) is 2.35. The van der Waals surface area contributed by atoms with Gasteiger partial charge in [0.05, 0.1) is 25.4 Å². The van der Waals surface area contributed by atoms with Crippen LogP contribution in [0, 0.1) is 82.9 Å². The fourth-order valence-corrected chi connectivity index (χ4v) is 14.1. The largest absolute Gasteiger partial charge is 0.393 e. The first-order valence-corrected chi connectivity index (χ1v) is 30.9. The van der Waals surface area contributed by atoms with Gasteiger partial charge < -0.3 is 24.4 Å². The van der Waals surface area contributed by atoms with E-state index in [4.69, 9.17) is 14.2 Å². The van der Waals surface area contributed by atoms with Crippen LogP contribution in [0.2, 0.25) is 0 Å². The molecule has 0 aliphatic carbocycles. The van der Waals surface area contributed by atoms with Gasteiger partial charge in [0.2, 0.25) is 0 Å². The monoisotopic (exact) mass is 1020 g/mol. The molecule has 18 unspecified atom stereocenters. The predicted octanol–water partition coefficient (Wildman–Crippen LogP) is 19.6. The summed E-state index contributed by atoms with van der Waals surface area (Å²) in [6.45, 7) is 39.1. The SMILES string of the molecule is CC(O)CC(C)CC(C)CC(C)CC(C)CC(C)CC(C)CC(C)CCCC(OCc1ccccc1)OC(CCCC(C)CC(C)CC(C)CC(C)CC(C)CC(C)CC(C)CC(C)O)OCc1ccccc1. The minimum Gasteiger partial charge on any atom is -0.393 e. The topological polar surface area (TPSA) is 68.2 Å². The highest BCUT2D eigenvalue weighted by atomic mass is 16.8. The zero-order valence-corrected chi connectivity index (χ0v) is 50.8. The Morgan fingerprint density at radius 2 is 0.507 bits per heavy atom. The molecule has 73 heavy (non-hydrogen) atoms. The molecule has 2 N–H and O–H groups in total. The Hall–Kier alpha value is -1.76. The second-order valence-electron chi connectivity index (χ2n) is 26.9. The number of rotatable bonds is 44. The second kappa shape index (κ2) is 38.7. The minimum atomic E-state index is -0.317. The molecule has 0 spiro atoms. The summed E-state index contributed by atoms with van der Waals surface area (Å²) in [6.07, 6.45) is 22.6. The molecule has 0 aliphatic rings. The normalized spacial score (nSPS) is 19.8. The van der Waals surface area contributed by atoms with Crippen LogP contribution < -0.4 is 0 Å². The summed E-state index contributed by atoms with van der Waals surface area (Å²) in [5, 5.41) is 19.6. The molecule has 5 nitrogen and oxygen atoms in total. The van der Waals surface area contributed by atoms with Gasteiger partial charge in [-0.3, -0.25) is 0 Å². The van der Waals surface area contributed by atoms with E-state index < -0.39 is 0 Å². The van der Waals surface area contributed by atoms with Crippen LogP contribution in [0.3, 0.4) is 0 Å². The molecule has 0 fully saturated rings. The molecular weight excluding hydrogens is 897 g/mol. The summed E-state index contributed by atoms with van der Waals surface area (Å²) in [5.74, 6) is 9.95. The van der Waals surface area contributed by atoms with E-state index in [9.17, 15) is 10.2 Å². The van der Waals surface area contributed by atoms with Crippen molar-refractivity contribution in [3.8, 4) is 0 Å². The molecule has 0 amide bonds. The van der Waals surface area contributed by atoms with Crippen LogP contribution in [0.25, 0.3) is 0 Å². The van der Waals surface area contributed by atoms with Crippen molar-refractivity contribution in [1.82, 2.24) is 0 Å². The fourth-order valence-electron chi connectivity index (χ4n) is 14.1. The van der Waals surface area contributed by atoms with Gasteiger partial charge in [-0.1, -0.05) is 170 Å². The molecule has 5 heteroatoms. The van der Waals surface area contributed by atoms with Gasteiger partial charge in [-0.05, 0) is 223 Å². The molecule has 2 aromatic rings. The van der Waals surface area contributed by atoms with Gasteiger partial charge in [0.15, 0.2) is 12.6 Å². The summed E-state index contributed by atoms with van der Waals surface area (Å²) in [4.78, 5) is 0. The molecule has 2 aromatic carbocycles. The standard InChI is InChI=1S/C68H122O5/c1-49(33-51(3)35-53(5)37-55(7)39-57(9)41-59(11)43-61(13)45-63(15)69)25-23-31-67(71-47-65-27-19-17-20-28-65)73-68(72-48-66-29-21-18-22-30-66)32-24-26-50(2)34-52(4)36-54(6)38-56(8)40-58(10)42-60(12)44-62(14)46-64(16)70/h17-22,27-30,49-64,67-70H,23-26,31-48H2,1-16H3. The highest BCUT2D eigenvalue weighted by Crippen LogP contribution is 2.33. The van der Waals surface area contributed by atoms with Crippen molar-refractivity contribution in [1.29, 1.82) is 0 Å². The Morgan fingerprint density at radius 3 is 0.740 bits per heavy atom. The van der Waals surface area contributed by atoms with Crippen molar-refractivity contribution in [2.45, 2.75) is 277 Å². The van der Waals surface area contributed by atoms with Crippen LogP contribution in [0.4, 0.5) is 0 Å². The average molecular weight is 1020 g/mol. The van der Waals surface area contributed by atoms with Crippen molar-refractivity contribution in [3.63, 3.8) is 0 Å². The number of hydrogen-bond donors (Lipinski definition) is 2. The van der Waals surface area contributed by atoms with E-state index in [-0.39, 0.29) is 24.8 Å². The van der Waals surface area contributed by atoms with Gasteiger partial charge in [0.1, 0.15) is 0 Å². The van der Waals surface area contributed by atoms with E-state index in [1.54, 1.807) is 0 Å². The number of hydrogen-bond acceptors (Lipinski definition) is 5. The van der Waals surface area contributed by atoms with Gasteiger partial charge in [0, 0.05) is 0 Å². The smallest absolute Gasteiger partial charge is 0.161 e. The van der Waals surface area contributed by atoms with E-state index >= 15 is 0 Å². The van der Waals surface area contributed by atoms with Crippen molar-refractivity contribution in [2.75, 3.05) is 0 Å². The highest BCUT2D eigenvalue weighted by molar-refractivity contribution is 5.14. The van der Waals surface area contributed by atoms with Crippen LogP contribution in [-0.4, -0.2) is 35.0 Å². The Balaban J connectivity index is 1.91. The maximum absolute atomic E-state index is 9.81. The Labute approximate surface area is 454 Å². The molecular formula is C68H122O5. The van der Waals surface area contributed by atoms with Crippen LogP contribution in [0.5, 0.6) is 0 Å². The quantitative estimate of drug-likeness (QED) is 0.0648. The van der Waals surface area contributed by atoms with E-state index in [1.165, 1.54) is 101 Å². The van der Waals surface area contributed by atoms with Crippen molar-refractivity contribution in [2.24, 2.45) is 82.9 Å². The maximum atomic E-state index is 9.81. The van der Waals surface area contributed by atoms with Gasteiger partial charge >= 0.3 is 0 Å². The van der Waals surface area contributed by atoms with Crippen LogP contribution in [0.15, 0.2) is 60.7 Å². The third kappa shape index (κ3) is 35.3. The summed E-state index contributed by atoms with van der Waals surface area (Å²) in [6, 6.07) is 21.1. The molecule has 0 aromatic heterocycles. The molecule has 0 saturated heterocycles. The molecule has 0 heterocycles. The van der Waals surface area contributed by atoms with E-state index in [0.29, 0.717) is 36.9 Å². The zero-order chi connectivity index (χ0) is 54.3. The first-order chi connectivity index (χ1) is 34.5. The number of aliphatic hydroxyl groups is 2. The van der Waals surface area contributed by atoms with Crippen molar-refractivity contribution in [3.05, 3.63) is 71.8 Å². The first kappa shape index (κ1) is 67.3. The minimum absolute atomic E-state index is 0.191. The number of ether oxygens (including phenoxy) is 3. The molecule has 0 aliphatic heterocycles. The number of benzene rings is 2. The Bertz CT molecular complexity index is 1450. The van der Waals surface area contributed by atoms with Gasteiger partial charge in [-0.2, -0.15) is 0 Å². The maximum Gasteiger partial charge on any atom is 0.161 e. The predicted molar refractivity (Wildman–Crippen MR) is 315 cm³/mol. The molecule has 2 rings (SSSR count). The number of aliphatic hydroxyl groups excluding tert-OH is 2. The zero-order valence-electron chi connectivity index (χ0n) is 50.8. The molecule has 0 radical (unpaired) electrons. The molecule has 0 saturated carbocycles. The summed E-state index contributed by atoms with van der Waals surface area (Å²) < 4.78 is 20.2. The lowest BCUT2D eigenvalue weighted by molar-refractivity contribution is -0.257. The molecule has 424 valence electrons. The summed E-state index contributed by atoms with van der Waals surface area (Å²) in [7, 11) is 0. The average Bonchev–Trinajstić information content (AvgIpc) is 3.26. The van der Waals surface area contributed by atoms with Gasteiger partial charge in [0.25, 0.3) is 0 Å². The lowest BCUT2D eigenvalue weighted by atomic mass is 9.80. The van der Waals surface area contributed by atoms with E-state index in [1.807, 2.05) is 13.8 Å².